The van der Waals surface area contributed by atoms with Crippen molar-refractivity contribution in [3.05, 3.63) is 35.4 Å². The number of hydrogen-bond acceptors (Lipinski definition) is 2. The SMILES string of the molecule is Cc1cccc([C@H]2CNC[C@@H]2C(=O)O)c1.Cl. The van der Waals surface area contributed by atoms with Crippen molar-refractivity contribution in [1.82, 2.24) is 5.32 Å². The number of carbonyl (C=O) groups is 1. The van der Waals surface area contributed by atoms with Crippen LogP contribution in [-0.4, -0.2) is 24.2 Å². The fraction of sp³-hybridized carbons (Fsp3) is 0.417. The van der Waals surface area contributed by atoms with Gasteiger partial charge < -0.3 is 10.4 Å². The summed E-state index contributed by atoms with van der Waals surface area (Å²) in [5.41, 5.74) is 2.32. The summed E-state index contributed by atoms with van der Waals surface area (Å²) in [4.78, 5) is 11.0. The van der Waals surface area contributed by atoms with Crippen molar-refractivity contribution >= 4 is 18.4 Å². The maximum Gasteiger partial charge on any atom is 0.308 e. The average molecular weight is 242 g/mol. The van der Waals surface area contributed by atoms with Crippen LogP contribution in [0, 0.1) is 12.8 Å². The van der Waals surface area contributed by atoms with Gasteiger partial charge in [-0.1, -0.05) is 29.8 Å². The van der Waals surface area contributed by atoms with Crippen LogP contribution in [0.1, 0.15) is 17.0 Å². The fourth-order valence-electron chi connectivity index (χ4n) is 2.19. The summed E-state index contributed by atoms with van der Waals surface area (Å²) < 4.78 is 0. The Morgan fingerprint density at radius 3 is 2.81 bits per heavy atom. The van der Waals surface area contributed by atoms with E-state index in [2.05, 4.69) is 11.4 Å². The molecule has 1 aromatic rings. The maximum atomic E-state index is 11.0. The van der Waals surface area contributed by atoms with Gasteiger partial charge >= 0.3 is 5.97 Å². The van der Waals surface area contributed by atoms with Gasteiger partial charge in [0.15, 0.2) is 0 Å². The van der Waals surface area contributed by atoms with Crippen LogP contribution >= 0.6 is 12.4 Å². The Morgan fingerprint density at radius 1 is 1.44 bits per heavy atom. The number of hydrogen-bond donors (Lipinski definition) is 2. The third-order valence-corrected chi connectivity index (χ3v) is 3.00. The number of rotatable bonds is 2. The molecule has 0 unspecified atom stereocenters. The Hall–Kier alpha value is -1.06. The molecule has 2 atom stereocenters. The van der Waals surface area contributed by atoms with Gasteiger partial charge in [0.25, 0.3) is 0 Å². The van der Waals surface area contributed by atoms with Crippen LogP contribution in [-0.2, 0) is 4.79 Å². The first-order valence-corrected chi connectivity index (χ1v) is 5.18. The van der Waals surface area contributed by atoms with E-state index in [9.17, 15) is 4.79 Å². The Labute approximate surface area is 101 Å². The van der Waals surface area contributed by atoms with Gasteiger partial charge in [0.05, 0.1) is 5.92 Å². The lowest BCUT2D eigenvalue weighted by Gasteiger charge is -2.15. The number of aryl methyl sites for hydroxylation is 1. The van der Waals surface area contributed by atoms with Gasteiger partial charge in [-0.2, -0.15) is 0 Å². The second-order valence-corrected chi connectivity index (χ2v) is 4.12. The molecular weight excluding hydrogens is 226 g/mol. The highest BCUT2D eigenvalue weighted by Gasteiger charge is 2.33. The molecule has 2 rings (SSSR count). The first-order chi connectivity index (χ1) is 7.18. The van der Waals surface area contributed by atoms with Crippen LogP contribution in [0.2, 0.25) is 0 Å². The lowest BCUT2D eigenvalue weighted by molar-refractivity contribution is -0.141. The first kappa shape index (κ1) is 13.0. The van der Waals surface area contributed by atoms with E-state index in [0.29, 0.717) is 6.54 Å². The Kier molecular flexibility index (Phi) is 4.33. The normalized spacial score (nSPS) is 23.8. The van der Waals surface area contributed by atoms with E-state index in [1.165, 1.54) is 5.56 Å². The van der Waals surface area contributed by atoms with Crippen molar-refractivity contribution < 1.29 is 9.90 Å². The van der Waals surface area contributed by atoms with Crippen molar-refractivity contribution in [3.63, 3.8) is 0 Å². The summed E-state index contributed by atoms with van der Waals surface area (Å²) in [7, 11) is 0. The molecule has 0 aliphatic carbocycles. The molecule has 1 aliphatic rings. The smallest absolute Gasteiger partial charge is 0.308 e. The van der Waals surface area contributed by atoms with Crippen molar-refractivity contribution in [2.75, 3.05) is 13.1 Å². The largest absolute Gasteiger partial charge is 0.481 e. The molecule has 0 amide bonds. The Balaban J connectivity index is 0.00000128. The molecule has 0 spiro atoms. The third-order valence-electron chi connectivity index (χ3n) is 3.00. The van der Waals surface area contributed by atoms with E-state index in [0.717, 1.165) is 12.1 Å². The molecule has 4 heteroatoms. The van der Waals surface area contributed by atoms with Gasteiger partial charge in [0, 0.05) is 19.0 Å². The fourth-order valence-corrected chi connectivity index (χ4v) is 2.19. The van der Waals surface area contributed by atoms with Crippen LogP contribution in [0.4, 0.5) is 0 Å². The molecule has 1 aromatic carbocycles. The van der Waals surface area contributed by atoms with E-state index in [-0.39, 0.29) is 24.2 Å². The minimum atomic E-state index is -0.702. The second-order valence-electron chi connectivity index (χ2n) is 4.12. The van der Waals surface area contributed by atoms with E-state index >= 15 is 0 Å². The Morgan fingerprint density at radius 2 is 2.19 bits per heavy atom. The summed E-state index contributed by atoms with van der Waals surface area (Å²) in [5.74, 6) is -0.874. The van der Waals surface area contributed by atoms with Gasteiger partial charge in [-0.05, 0) is 12.5 Å². The van der Waals surface area contributed by atoms with Crippen LogP contribution < -0.4 is 5.32 Å². The van der Waals surface area contributed by atoms with Crippen molar-refractivity contribution in [3.8, 4) is 0 Å². The molecule has 3 nitrogen and oxygen atoms in total. The van der Waals surface area contributed by atoms with Gasteiger partial charge in [0.1, 0.15) is 0 Å². The van der Waals surface area contributed by atoms with Gasteiger partial charge in [-0.25, -0.2) is 0 Å². The Bertz CT molecular complexity index is 381. The highest BCUT2D eigenvalue weighted by molar-refractivity contribution is 5.85. The van der Waals surface area contributed by atoms with Crippen LogP contribution in [0.3, 0.4) is 0 Å². The van der Waals surface area contributed by atoms with Gasteiger partial charge in [-0.15, -0.1) is 12.4 Å². The highest BCUT2D eigenvalue weighted by atomic mass is 35.5. The lowest BCUT2D eigenvalue weighted by atomic mass is 9.88. The molecule has 1 fully saturated rings. The molecule has 1 saturated heterocycles. The van der Waals surface area contributed by atoms with Crippen LogP contribution in [0.25, 0.3) is 0 Å². The molecule has 2 N–H and O–H groups in total. The van der Waals surface area contributed by atoms with Crippen molar-refractivity contribution in [2.24, 2.45) is 5.92 Å². The topological polar surface area (TPSA) is 49.3 Å². The van der Waals surface area contributed by atoms with Crippen molar-refractivity contribution in [1.29, 1.82) is 0 Å². The summed E-state index contributed by atoms with van der Waals surface area (Å²) in [6, 6.07) is 8.11. The molecular formula is C12H16ClNO2. The summed E-state index contributed by atoms with van der Waals surface area (Å²) >= 11 is 0. The predicted molar refractivity (Wildman–Crippen MR) is 65.2 cm³/mol. The van der Waals surface area contributed by atoms with E-state index in [1.54, 1.807) is 0 Å². The predicted octanol–water partition coefficient (Wildman–Crippen LogP) is 1.80. The van der Waals surface area contributed by atoms with Gasteiger partial charge in [0.2, 0.25) is 0 Å². The molecule has 0 bridgehead atoms. The summed E-state index contributed by atoms with van der Waals surface area (Å²) in [6.07, 6.45) is 0. The summed E-state index contributed by atoms with van der Waals surface area (Å²) in [6.45, 7) is 3.37. The molecule has 0 saturated carbocycles. The number of nitrogens with one attached hydrogen (secondary N) is 1. The zero-order valence-corrected chi connectivity index (χ0v) is 9.96. The van der Waals surface area contributed by atoms with Crippen LogP contribution in [0.15, 0.2) is 24.3 Å². The number of halogens is 1. The monoisotopic (exact) mass is 241 g/mol. The summed E-state index contributed by atoms with van der Waals surface area (Å²) in [5, 5.41) is 12.2. The van der Waals surface area contributed by atoms with Crippen LogP contribution in [0.5, 0.6) is 0 Å². The number of aliphatic carboxylic acids is 1. The quantitative estimate of drug-likeness (QED) is 0.830. The minimum Gasteiger partial charge on any atom is -0.481 e. The first-order valence-electron chi connectivity index (χ1n) is 5.18. The second kappa shape index (κ2) is 5.32. The molecule has 16 heavy (non-hydrogen) atoms. The van der Waals surface area contributed by atoms with E-state index in [4.69, 9.17) is 5.11 Å². The minimum absolute atomic E-state index is 0. The lowest BCUT2D eigenvalue weighted by Crippen LogP contribution is -2.21. The zero-order chi connectivity index (χ0) is 10.8. The molecule has 0 aromatic heterocycles. The average Bonchev–Trinajstić information content (AvgIpc) is 2.65. The van der Waals surface area contributed by atoms with E-state index < -0.39 is 5.97 Å². The number of carboxylic acids is 1. The van der Waals surface area contributed by atoms with Gasteiger partial charge in [-0.3, -0.25) is 4.79 Å². The standard InChI is InChI=1S/C12H15NO2.ClH/c1-8-3-2-4-9(5-8)10-6-13-7-11(10)12(14)15;/h2-5,10-11,13H,6-7H2,1H3,(H,14,15);1H/t10-,11+;/m1./s1. The van der Waals surface area contributed by atoms with E-state index in [1.807, 2.05) is 25.1 Å². The number of benzene rings is 1. The van der Waals surface area contributed by atoms with Crippen molar-refractivity contribution in [2.45, 2.75) is 12.8 Å². The molecule has 88 valence electrons. The molecule has 1 heterocycles. The highest BCUT2D eigenvalue weighted by Crippen LogP contribution is 2.28. The molecule has 1 aliphatic heterocycles. The zero-order valence-electron chi connectivity index (χ0n) is 9.14. The maximum absolute atomic E-state index is 11.0. The molecule has 0 radical (unpaired) electrons. The third kappa shape index (κ3) is 2.54. The number of carboxylic acid groups (broad SMARTS) is 1.